The molecule has 3 aliphatic carbocycles. The van der Waals surface area contributed by atoms with Crippen molar-refractivity contribution < 1.29 is 9.59 Å². The molecule has 0 N–H and O–H groups in total. The highest BCUT2D eigenvalue weighted by Gasteiger charge is 2.57. The second-order valence-electron chi connectivity index (χ2n) is 17.7. The molecule has 4 aromatic carbocycles. The number of rotatable bonds is 20. The lowest BCUT2D eigenvalue weighted by molar-refractivity contribution is 0.111. The van der Waals surface area contributed by atoms with Crippen LogP contribution in [0.4, 0.5) is 0 Å². The van der Waals surface area contributed by atoms with E-state index in [9.17, 15) is 9.59 Å². The van der Waals surface area contributed by atoms with Crippen molar-refractivity contribution in [1.29, 1.82) is 0 Å². The zero-order valence-electron chi connectivity index (χ0n) is 35.3. The monoisotopic (exact) mass is 812 g/mol. The molecule has 0 amide bonds. The lowest BCUT2D eigenvalue weighted by Gasteiger charge is -2.39. The summed E-state index contributed by atoms with van der Waals surface area (Å²) in [6.07, 6.45) is 22.5. The van der Waals surface area contributed by atoms with Crippen molar-refractivity contribution in [1.82, 2.24) is 0 Å². The fraction of sp³-hybridized carbons (Fsp3) is 0.509. The molecule has 0 spiro atoms. The topological polar surface area (TPSA) is 34.1 Å². The van der Waals surface area contributed by atoms with Crippen LogP contribution in [-0.4, -0.2) is 12.6 Å². The zero-order chi connectivity index (χ0) is 39.7. The van der Waals surface area contributed by atoms with Crippen molar-refractivity contribution in [2.24, 2.45) is 0 Å². The number of carbonyl (C=O) groups is 2. The first kappa shape index (κ1) is 40.9. The molecule has 296 valence electrons. The van der Waals surface area contributed by atoms with Gasteiger partial charge >= 0.3 is 0 Å². The summed E-state index contributed by atoms with van der Waals surface area (Å²) < 4.78 is 1.16. The lowest BCUT2D eigenvalue weighted by Crippen LogP contribution is -2.31. The Balaban J connectivity index is 1.79. The van der Waals surface area contributed by atoms with Crippen LogP contribution >= 0.6 is 15.9 Å². The van der Waals surface area contributed by atoms with Gasteiger partial charge in [0.1, 0.15) is 12.6 Å². The van der Waals surface area contributed by atoms with Crippen molar-refractivity contribution in [3.05, 3.63) is 104 Å². The summed E-state index contributed by atoms with van der Waals surface area (Å²) in [4.78, 5) is 25.4. The molecule has 0 saturated carbocycles. The number of hydrogen-bond acceptors (Lipinski definition) is 2. The van der Waals surface area contributed by atoms with E-state index in [2.05, 4.69) is 112 Å². The molecule has 3 heteroatoms. The Bertz CT molecular complexity index is 2060. The number of hydrogen-bond donors (Lipinski definition) is 0. The predicted molar refractivity (Wildman–Crippen MR) is 241 cm³/mol. The Kier molecular flexibility index (Phi) is 12.3. The number of halogens is 1. The Morgan fingerprint density at radius 2 is 0.714 bits per heavy atom. The van der Waals surface area contributed by atoms with Crippen LogP contribution in [0.1, 0.15) is 211 Å². The molecule has 0 aromatic heterocycles. The van der Waals surface area contributed by atoms with Crippen molar-refractivity contribution in [2.75, 3.05) is 0 Å². The Hall–Kier alpha value is -3.30. The number of aldehydes is 2. The highest BCUT2D eigenvalue weighted by Crippen LogP contribution is 2.71. The minimum atomic E-state index is -0.211. The molecule has 0 heterocycles. The standard InChI is InChI=1S/C53H65BrO2/c1-7-13-25-51(26-14-8-2)43-32-37(35-56)20-23-40(43)46-48(51)45-39-22-19-36(34-55)31-42(39)52(27-15-9-3,28-16-10-4)49(45)47-41-24-21-38(54)33-44(41)53(50(46)47,29-17-11-5)30-18-12-6/h19-24,31-35H,7-18,25-30H2,1-6H3. The number of unbranched alkanes of at least 4 members (excludes halogenated alkanes) is 6. The molecule has 2 nitrogen and oxygen atoms in total. The quantitative estimate of drug-likeness (QED) is 0.0833. The highest BCUT2D eigenvalue weighted by atomic mass is 79.9. The second-order valence-corrected chi connectivity index (χ2v) is 18.6. The van der Waals surface area contributed by atoms with E-state index >= 15 is 0 Å². The molecular formula is C53H65BrO2. The van der Waals surface area contributed by atoms with Crippen molar-refractivity contribution in [3.8, 4) is 33.4 Å². The molecule has 0 bridgehead atoms. The first-order valence-electron chi connectivity index (χ1n) is 22.6. The third-order valence-corrected chi connectivity index (χ3v) is 14.9. The van der Waals surface area contributed by atoms with Gasteiger partial charge in [-0.1, -0.05) is 165 Å². The second kappa shape index (κ2) is 16.9. The molecular weight excluding hydrogens is 748 g/mol. The summed E-state index contributed by atoms with van der Waals surface area (Å²) in [6, 6.07) is 20.7. The SMILES string of the molecule is CCCCC1(CCCC)c2cc(Br)ccc2-c2c1c1c(c3c2C(CCCC)(CCCC)c2cc(C=O)ccc2-3)C(CCCC)(CCCC)c2cc(C=O)ccc2-1. The van der Waals surface area contributed by atoms with Crippen LogP contribution in [-0.2, 0) is 16.2 Å². The van der Waals surface area contributed by atoms with E-state index in [1.54, 1.807) is 16.7 Å². The van der Waals surface area contributed by atoms with E-state index in [1.807, 2.05) is 0 Å². The Morgan fingerprint density at radius 1 is 0.429 bits per heavy atom. The van der Waals surface area contributed by atoms with Gasteiger partial charge < -0.3 is 0 Å². The van der Waals surface area contributed by atoms with E-state index in [-0.39, 0.29) is 16.2 Å². The van der Waals surface area contributed by atoms with Gasteiger partial charge in [0, 0.05) is 31.8 Å². The van der Waals surface area contributed by atoms with Gasteiger partial charge in [0.2, 0.25) is 0 Å². The number of fused-ring (bicyclic) bond motifs is 12. The van der Waals surface area contributed by atoms with Gasteiger partial charge in [0.25, 0.3) is 0 Å². The van der Waals surface area contributed by atoms with Crippen LogP contribution in [0.2, 0.25) is 0 Å². The van der Waals surface area contributed by atoms with Crippen LogP contribution < -0.4 is 0 Å². The Morgan fingerprint density at radius 3 is 1.00 bits per heavy atom. The molecule has 0 radical (unpaired) electrons. The Labute approximate surface area is 346 Å². The average Bonchev–Trinajstić information content (AvgIpc) is 3.77. The maximum Gasteiger partial charge on any atom is 0.150 e. The average molecular weight is 814 g/mol. The van der Waals surface area contributed by atoms with Crippen molar-refractivity contribution >= 4 is 28.5 Å². The molecule has 56 heavy (non-hydrogen) atoms. The predicted octanol–water partition coefficient (Wildman–Crippen LogP) is 16.0. The summed E-state index contributed by atoms with van der Waals surface area (Å²) in [5.41, 5.74) is 18.7. The van der Waals surface area contributed by atoms with Gasteiger partial charge in [-0.05, 0) is 130 Å². The third kappa shape index (κ3) is 6.24. The molecule has 7 rings (SSSR count). The highest BCUT2D eigenvalue weighted by molar-refractivity contribution is 9.10. The molecule has 3 aliphatic rings. The maximum absolute atomic E-state index is 12.7. The molecule has 0 saturated heterocycles. The van der Waals surface area contributed by atoms with Crippen LogP contribution in [0.3, 0.4) is 0 Å². The minimum absolute atomic E-state index is 0.129. The first-order valence-corrected chi connectivity index (χ1v) is 23.4. The molecule has 0 unspecified atom stereocenters. The van der Waals surface area contributed by atoms with Crippen molar-refractivity contribution in [2.45, 2.75) is 173 Å². The maximum atomic E-state index is 12.7. The van der Waals surface area contributed by atoms with Crippen molar-refractivity contribution in [3.63, 3.8) is 0 Å². The summed E-state index contributed by atoms with van der Waals surface area (Å²) in [5.74, 6) is 0. The van der Waals surface area contributed by atoms with Gasteiger partial charge in [-0.3, -0.25) is 9.59 Å². The van der Waals surface area contributed by atoms with Gasteiger partial charge in [-0.15, -0.1) is 0 Å². The zero-order valence-corrected chi connectivity index (χ0v) is 36.9. The molecule has 0 atom stereocenters. The lowest BCUT2D eigenvalue weighted by atomic mass is 9.63. The van der Waals surface area contributed by atoms with Gasteiger partial charge in [-0.2, -0.15) is 0 Å². The van der Waals surface area contributed by atoms with E-state index < -0.39 is 0 Å². The first-order chi connectivity index (χ1) is 27.3. The smallest absolute Gasteiger partial charge is 0.150 e. The number of benzene rings is 4. The molecule has 0 fully saturated rings. The van der Waals surface area contributed by atoms with E-state index in [4.69, 9.17) is 0 Å². The summed E-state index contributed by atoms with van der Waals surface area (Å²) in [5, 5.41) is 0. The van der Waals surface area contributed by atoms with E-state index in [1.165, 1.54) is 62.9 Å². The van der Waals surface area contributed by atoms with Crippen LogP contribution in [0.25, 0.3) is 33.4 Å². The van der Waals surface area contributed by atoms with Crippen LogP contribution in [0.5, 0.6) is 0 Å². The van der Waals surface area contributed by atoms with Gasteiger partial charge in [0.15, 0.2) is 0 Å². The molecule has 4 aromatic rings. The van der Waals surface area contributed by atoms with E-state index in [0.717, 1.165) is 131 Å². The van der Waals surface area contributed by atoms with Gasteiger partial charge in [0.05, 0.1) is 0 Å². The van der Waals surface area contributed by atoms with Gasteiger partial charge in [-0.25, -0.2) is 0 Å². The van der Waals surface area contributed by atoms with E-state index in [0.29, 0.717) is 0 Å². The number of carbonyl (C=O) groups excluding carboxylic acids is 2. The molecule has 0 aliphatic heterocycles. The summed E-state index contributed by atoms with van der Waals surface area (Å²) >= 11 is 4.00. The van der Waals surface area contributed by atoms with Crippen LogP contribution in [0.15, 0.2) is 59.1 Å². The largest absolute Gasteiger partial charge is 0.298 e. The fourth-order valence-electron chi connectivity index (χ4n) is 11.8. The summed E-state index contributed by atoms with van der Waals surface area (Å²) in [6.45, 7) is 14.1. The third-order valence-electron chi connectivity index (χ3n) is 14.4. The van der Waals surface area contributed by atoms with Crippen LogP contribution in [0, 0.1) is 0 Å². The summed E-state index contributed by atoms with van der Waals surface area (Å²) in [7, 11) is 0. The minimum Gasteiger partial charge on any atom is -0.298 e. The normalized spacial score (nSPS) is 15.8. The fourth-order valence-corrected chi connectivity index (χ4v) is 12.2.